The lowest BCUT2D eigenvalue weighted by atomic mass is 10.2. The summed E-state index contributed by atoms with van der Waals surface area (Å²) in [5, 5.41) is 0. The average molecular weight is 298 g/mol. The van der Waals surface area contributed by atoms with Crippen LogP contribution in [0.15, 0.2) is 39.9 Å². The Morgan fingerprint density at radius 1 is 1.18 bits per heavy atom. The van der Waals surface area contributed by atoms with E-state index in [0.29, 0.717) is 23.5 Å². The number of benzene rings is 1. The van der Waals surface area contributed by atoms with Crippen molar-refractivity contribution in [3.63, 3.8) is 0 Å². The first-order valence-electron chi connectivity index (χ1n) is 7.24. The summed E-state index contributed by atoms with van der Waals surface area (Å²) in [6, 6.07) is 9.55. The Balaban J connectivity index is 2.33. The molecule has 22 heavy (non-hydrogen) atoms. The van der Waals surface area contributed by atoms with Crippen molar-refractivity contribution in [1.29, 1.82) is 0 Å². The minimum Gasteiger partial charge on any atom is -0.332 e. The number of H-pyrrole nitrogens is 1. The zero-order valence-corrected chi connectivity index (χ0v) is 12.8. The predicted octanol–water partition coefficient (Wildman–Crippen LogP) is 1.75. The maximum absolute atomic E-state index is 12.4. The van der Waals surface area contributed by atoms with Crippen LogP contribution in [0.5, 0.6) is 0 Å². The summed E-state index contributed by atoms with van der Waals surface area (Å²) < 4.78 is 2.68. The number of nitrogens with zero attached hydrogens (tertiary/aromatic N) is 3. The van der Waals surface area contributed by atoms with Crippen LogP contribution in [0, 0.1) is 5.92 Å². The van der Waals surface area contributed by atoms with Gasteiger partial charge in [0.25, 0.3) is 5.56 Å². The van der Waals surface area contributed by atoms with E-state index in [1.54, 1.807) is 4.57 Å². The third-order valence-electron chi connectivity index (χ3n) is 3.57. The highest BCUT2D eigenvalue weighted by atomic mass is 16.2. The van der Waals surface area contributed by atoms with Crippen molar-refractivity contribution in [2.24, 2.45) is 13.0 Å². The van der Waals surface area contributed by atoms with Crippen molar-refractivity contribution in [1.82, 2.24) is 19.1 Å². The maximum atomic E-state index is 12.4. The third-order valence-corrected chi connectivity index (χ3v) is 3.57. The number of aromatic amines is 1. The Morgan fingerprint density at radius 3 is 2.50 bits per heavy atom. The zero-order chi connectivity index (χ0) is 15.9. The van der Waals surface area contributed by atoms with Gasteiger partial charge in [-0.05, 0) is 5.92 Å². The van der Waals surface area contributed by atoms with Crippen molar-refractivity contribution < 1.29 is 0 Å². The first-order valence-corrected chi connectivity index (χ1v) is 7.24. The van der Waals surface area contributed by atoms with Gasteiger partial charge in [-0.25, -0.2) is 9.78 Å². The van der Waals surface area contributed by atoms with Gasteiger partial charge < -0.3 is 4.98 Å². The molecule has 0 aliphatic rings. The van der Waals surface area contributed by atoms with E-state index in [1.165, 1.54) is 7.05 Å². The summed E-state index contributed by atoms with van der Waals surface area (Å²) in [5.41, 5.74) is 0.971. The quantitative estimate of drug-likeness (QED) is 0.800. The van der Waals surface area contributed by atoms with Crippen LogP contribution in [0.25, 0.3) is 22.6 Å². The highest BCUT2D eigenvalue weighted by Crippen LogP contribution is 2.18. The van der Waals surface area contributed by atoms with E-state index in [2.05, 4.69) is 9.97 Å². The van der Waals surface area contributed by atoms with E-state index in [9.17, 15) is 9.59 Å². The number of nitrogens with one attached hydrogen (secondary N) is 1. The largest absolute Gasteiger partial charge is 0.332 e. The predicted molar refractivity (Wildman–Crippen MR) is 85.9 cm³/mol. The van der Waals surface area contributed by atoms with Crippen LogP contribution in [0.4, 0.5) is 0 Å². The summed E-state index contributed by atoms with van der Waals surface area (Å²) in [6.07, 6.45) is 0. The van der Waals surface area contributed by atoms with E-state index in [0.717, 1.165) is 10.1 Å². The van der Waals surface area contributed by atoms with Gasteiger partial charge in [-0.1, -0.05) is 44.2 Å². The molecule has 1 aromatic carbocycles. The van der Waals surface area contributed by atoms with Gasteiger partial charge in [0.2, 0.25) is 0 Å². The summed E-state index contributed by atoms with van der Waals surface area (Å²) in [6.45, 7) is 4.56. The fourth-order valence-electron chi connectivity index (χ4n) is 2.50. The smallest absolute Gasteiger partial charge is 0.332 e. The van der Waals surface area contributed by atoms with Gasteiger partial charge in [-0.15, -0.1) is 0 Å². The fourth-order valence-corrected chi connectivity index (χ4v) is 2.50. The molecule has 2 aromatic heterocycles. The normalized spacial score (nSPS) is 11.5. The van der Waals surface area contributed by atoms with Crippen LogP contribution < -0.4 is 11.2 Å². The van der Waals surface area contributed by atoms with Crippen molar-refractivity contribution in [2.75, 3.05) is 0 Å². The summed E-state index contributed by atoms with van der Waals surface area (Å²) >= 11 is 0. The Bertz CT molecular complexity index is 932. The molecular formula is C16H18N4O2. The minimum absolute atomic E-state index is 0.273. The lowest BCUT2D eigenvalue weighted by Gasteiger charge is -2.10. The van der Waals surface area contributed by atoms with Crippen molar-refractivity contribution in [2.45, 2.75) is 20.4 Å². The zero-order valence-electron chi connectivity index (χ0n) is 12.8. The van der Waals surface area contributed by atoms with E-state index >= 15 is 0 Å². The minimum atomic E-state index is -0.352. The van der Waals surface area contributed by atoms with Crippen molar-refractivity contribution >= 4 is 11.2 Å². The molecule has 6 heteroatoms. The number of hydrogen-bond acceptors (Lipinski definition) is 3. The standard InChI is InChI=1S/C16H18N4O2/c1-10(2)9-20-14-12(15(21)19(3)16(20)22)17-13(18-14)11-7-5-4-6-8-11/h4-8,10H,9H2,1-3H3,(H,17,18). The van der Waals surface area contributed by atoms with Gasteiger partial charge in [0.05, 0.1) is 0 Å². The molecule has 114 valence electrons. The second kappa shape index (κ2) is 5.29. The molecule has 0 unspecified atom stereocenters. The van der Waals surface area contributed by atoms with Crippen LogP contribution >= 0.6 is 0 Å². The fraction of sp³-hybridized carbons (Fsp3) is 0.312. The second-order valence-corrected chi connectivity index (χ2v) is 5.80. The molecule has 0 amide bonds. The van der Waals surface area contributed by atoms with Crippen molar-refractivity contribution in [3.8, 4) is 11.4 Å². The molecule has 3 rings (SSSR count). The highest BCUT2D eigenvalue weighted by molar-refractivity contribution is 5.75. The third kappa shape index (κ3) is 2.26. The second-order valence-electron chi connectivity index (χ2n) is 5.80. The van der Waals surface area contributed by atoms with Gasteiger partial charge in [-0.3, -0.25) is 13.9 Å². The Morgan fingerprint density at radius 2 is 1.86 bits per heavy atom. The molecule has 0 fully saturated rings. The van der Waals surface area contributed by atoms with E-state index in [-0.39, 0.29) is 17.2 Å². The molecule has 3 aromatic rings. The van der Waals surface area contributed by atoms with E-state index in [4.69, 9.17) is 0 Å². The van der Waals surface area contributed by atoms with Crippen LogP contribution in [-0.2, 0) is 13.6 Å². The molecule has 0 saturated carbocycles. The number of imidazole rings is 1. The van der Waals surface area contributed by atoms with Crippen LogP contribution in [0.1, 0.15) is 13.8 Å². The van der Waals surface area contributed by atoms with E-state index in [1.807, 2.05) is 44.2 Å². The number of aromatic nitrogens is 4. The molecular weight excluding hydrogens is 280 g/mol. The average Bonchev–Trinajstić information content (AvgIpc) is 2.95. The van der Waals surface area contributed by atoms with Crippen LogP contribution in [0.2, 0.25) is 0 Å². The number of rotatable bonds is 3. The molecule has 0 aliphatic heterocycles. The summed E-state index contributed by atoms with van der Waals surface area (Å²) in [7, 11) is 1.49. The SMILES string of the molecule is CC(C)Cn1c(=O)n(C)c(=O)c2[nH]c(-c3ccccc3)nc21. The van der Waals surface area contributed by atoms with Crippen LogP contribution in [0.3, 0.4) is 0 Å². The molecule has 0 spiro atoms. The molecule has 0 radical (unpaired) electrons. The Kier molecular flexibility index (Phi) is 3.44. The Labute approximate surface area is 127 Å². The maximum Gasteiger partial charge on any atom is 0.332 e. The summed E-state index contributed by atoms with van der Waals surface area (Å²) in [5.74, 6) is 0.867. The van der Waals surface area contributed by atoms with Gasteiger partial charge in [0.15, 0.2) is 5.65 Å². The highest BCUT2D eigenvalue weighted by Gasteiger charge is 2.16. The van der Waals surface area contributed by atoms with E-state index < -0.39 is 0 Å². The molecule has 6 nitrogen and oxygen atoms in total. The van der Waals surface area contributed by atoms with Gasteiger partial charge in [0, 0.05) is 19.2 Å². The monoisotopic (exact) mass is 298 g/mol. The lowest BCUT2D eigenvalue weighted by molar-refractivity contribution is 0.500. The van der Waals surface area contributed by atoms with Crippen molar-refractivity contribution in [3.05, 3.63) is 51.2 Å². The molecule has 1 N–H and O–H groups in total. The first-order chi connectivity index (χ1) is 10.5. The molecule has 0 saturated heterocycles. The summed E-state index contributed by atoms with van der Waals surface area (Å²) in [4.78, 5) is 32.2. The lowest BCUT2D eigenvalue weighted by Crippen LogP contribution is -2.38. The number of fused-ring (bicyclic) bond motifs is 1. The number of hydrogen-bond donors (Lipinski definition) is 1. The molecule has 2 heterocycles. The molecule has 0 atom stereocenters. The van der Waals surface area contributed by atoms with Gasteiger partial charge in [0.1, 0.15) is 11.3 Å². The topological polar surface area (TPSA) is 72.7 Å². The molecule has 0 aliphatic carbocycles. The first kappa shape index (κ1) is 14.3. The van der Waals surface area contributed by atoms with Gasteiger partial charge in [-0.2, -0.15) is 0 Å². The Hall–Kier alpha value is -2.63. The molecule has 0 bridgehead atoms. The van der Waals surface area contributed by atoms with Crippen LogP contribution in [-0.4, -0.2) is 19.1 Å². The van der Waals surface area contributed by atoms with Gasteiger partial charge >= 0.3 is 5.69 Å².